The zero-order chi connectivity index (χ0) is 17.9. The minimum atomic E-state index is 0. The number of aliphatic hydroxyl groups is 1. The molecule has 0 aliphatic carbocycles. The van der Waals surface area contributed by atoms with E-state index in [0.717, 1.165) is 24.5 Å². The molecule has 4 nitrogen and oxygen atoms in total. The average Bonchev–Trinajstić information content (AvgIpc) is 2.69. The Morgan fingerprint density at radius 2 is 1.35 bits per heavy atom. The fourth-order valence-electron chi connectivity index (χ4n) is 2.90. The van der Waals surface area contributed by atoms with Crippen LogP contribution in [0.2, 0.25) is 0 Å². The van der Waals surface area contributed by atoms with Gasteiger partial charge in [0.05, 0.1) is 6.61 Å². The van der Waals surface area contributed by atoms with Gasteiger partial charge in [-0.1, -0.05) is 67.6 Å². The van der Waals surface area contributed by atoms with Crippen LogP contribution in [0.3, 0.4) is 0 Å². The van der Waals surface area contributed by atoms with Crippen molar-refractivity contribution in [2.45, 2.75) is 25.2 Å². The maximum atomic E-state index is 9.67. The van der Waals surface area contributed by atoms with Gasteiger partial charge in [0.25, 0.3) is 0 Å². The van der Waals surface area contributed by atoms with Crippen molar-refractivity contribution < 1.29 is 5.11 Å². The van der Waals surface area contributed by atoms with E-state index in [1.54, 1.807) is 7.05 Å². The van der Waals surface area contributed by atoms with Crippen molar-refractivity contribution in [3.8, 4) is 0 Å². The van der Waals surface area contributed by atoms with Crippen molar-refractivity contribution in [3.63, 3.8) is 0 Å². The molecule has 2 unspecified atom stereocenters. The number of halogens is 1. The molecule has 0 saturated carbocycles. The molecule has 0 saturated heterocycles. The quantitative estimate of drug-likeness (QED) is 0.315. The first-order valence-electron chi connectivity index (χ1n) is 8.93. The predicted molar refractivity (Wildman–Crippen MR) is 121 cm³/mol. The zero-order valence-electron chi connectivity index (χ0n) is 15.6. The summed E-state index contributed by atoms with van der Waals surface area (Å²) in [5, 5.41) is 16.4. The topological polar surface area (TPSA) is 56.7 Å². The molecule has 142 valence electrons. The molecule has 2 aromatic carbocycles. The zero-order valence-corrected chi connectivity index (χ0v) is 17.9. The first-order chi connectivity index (χ1) is 12.3. The molecule has 0 aliphatic rings. The molecule has 2 aromatic rings. The molecular formula is C21H30IN3O. The minimum absolute atomic E-state index is 0. The number of hydrogen-bond acceptors (Lipinski definition) is 2. The molecule has 0 aromatic heterocycles. The smallest absolute Gasteiger partial charge is 0.191 e. The molecule has 0 fully saturated rings. The number of benzene rings is 2. The second kappa shape index (κ2) is 12.7. The Kier molecular flexibility index (Phi) is 11.0. The first kappa shape index (κ1) is 22.4. The lowest BCUT2D eigenvalue weighted by Gasteiger charge is -2.21. The molecule has 3 N–H and O–H groups in total. The van der Waals surface area contributed by atoms with Gasteiger partial charge in [-0.25, -0.2) is 0 Å². The Morgan fingerprint density at radius 3 is 1.77 bits per heavy atom. The highest BCUT2D eigenvalue weighted by atomic mass is 127. The van der Waals surface area contributed by atoms with E-state index >= 15 is 0 Å². The molecular weight excluding hydrogens is 437 g/mol. The van der Waals surface area contributed by atoms with E-state index in [-0.39, 0.29) is 36.5 Å². The Bertz CT molecular complexity index is 581. The van der Waals surface area contributed by atoms with Gasteiger partial charge in [-0.15, -0.1) is 24.0 Å². The Morgan fingerprint density at radius 1 is 0.885 bits per heavy atom. The summed E-state index contributed by atoms with van der Waals surface area (Å²) in [7, 11) is 1.77. The Hall–Kier alpha value is -1.60. The average molecular weight is 467 g/mol. The monoisotopic (exact) mass is 467 g/mol. The van der Waals surface area contributed by atoms with Gasteiger partial charge in [0.1, 0.15) is 0 Å². The summed E-state index contributed by atoms with van der Waals surface area (Å²) in [6.07, 6.45) is 1.07. The third kappa shape index (κ3) is 6.96. The molecule has 26 heavy (non-hydrogen) atoms. The van der Waals surface area contributed by atoms with E-state index in [1.165, 1.54) is 5.56 Å². The van der Waals surface area contributed by atoms with Gasteiger partial charge in [-0.2, -0.15) is 0 Å². The standard InChI is InChI=1S/C21H29N3O.HI/c1-3-17(18-10-6-4-7-11-18)14-23-21(22-2)24-15-20(16-25)19-12-8-5-9-13-19;/h4-13,17,20,25H,3,14-16H2,1-2H3,(H2,22,23,24);1H. The first-order valence-corrected chi connectivity index (χ1v) is 8.93. The maximum Gasteiger partial charge on any atom is 0.191 e. The van der Waals surface area contributed by atoms with Gasteiger partial charge >= 0.3 is 0 Å². The van der Waals surface area contributed by atoms with Crippen molar-refractivity contribution in [3.05, 3.63) is 71.8 Å². The normalized spacial score (nSPS) is 13.4. The fraction of sp³-hybridized carbons (Fsp3) is 0.381. The van der Waals surface area contributed by atoms with Gasteiger partial charge in [-0.05, 0) is 17.5 Å². The van der Waals surface area contributed by atoms with E-state index < -0.39 is 0 Å². The number of guanidine groups is 1. The Labute approximate surface area is 174 Å². The predicted octanol–water partition coefficient (Wildman–Crippen LogP) is 3.74. The van der Waals surface area contributed by atoms with Crippen molar-refractivity contribution in [2.24, 2.45) is 4.99 Å². The lowest BCUT2D eigenvalue weighted by molar-refractivity contribution is 0.265. The summed E-state index contributed by atoms with van der Waals surface area (Å²) in [4.78, 5) is 4.30. The van der Waals surface area contributed by atoms with E-state index in [1.807, 2.05) is 36.4 Å². The van der Waals surface area contributed by atoms with Gasteiger partial charge in [0.2, 0.25) is 0 Å². The number of nitrogens with zero attached hydrogens (tertiary/aromatic N) is 1. The van der Waals surface area contributed by atoms with Crippen LogP contribution in [-0.4, -0.2) is 37.8 Å². The molecule has 2 rings (SSSR count). The summed E-state index contributed by atoms with van der Waals surface area (Å²) in [5.41, 5.74) is 2.47. The summed E-state index contributed by atoms with van der Waals surface area (Å²) in [6, 6.07) is 20.6. The van der Waals surface area contributed by atoms with Crippen molar-refractivity contribution >= 4 is 29.9 Å². The summed E-state index contributed by atoms with van der Waals surface area (Å²) >= 11 is 0. The van der Waals surface area contributed by atoms with Gasteiger partial charge < -0.3 is 15.7 Å². The second-order valence-corrected chi connectivity index (χ2v) is 6.14. The molecule has 2 atom stereocenters. The van der Waals surface area contributed by atoms with E-state index in [4.69, 9.17) is 0 Å². The van der Waals surface area contributed by atoms with Crippen LogP contribution in [0.1, 0.15) is 36.3 Å². The highest BCUT2D eigenvalue weighted by Crippen LogP contribution is 2.18. The fourth-order valence-corrected chi connectivity index (χ4v) is 2.90. The van der Waals surface area contributed by atoms with Crippen LogP contribution in [0.25, 0.3) is 0 Å². The molecule has 0 aliphatic heterocycles. The van der Waals surface area contributed by atoms with E-state index in [2.05, 4.69) is 46.8 Å². The number of rotatable bonds is 8. The molecule has 0 amide bonds. The number of aliphatic hydroxyl groups excluding tert-OH is 1. The van der Waals surface area contributed by atoms with Gasteiger partial charge in [-0.3, -0.25) is 4.99 Å². The van der Waals surface area contributed by atoms with E-state index in [0.29, 0.717) is 12.5 Å². The van der Waals surface area contributed by atoms with Crippen molar-refractivity contribution in [2.75, 3.05) is 26.7 Å². The number of nitrogens with one attached hydrogen (secondary N) is 2. The third-order valence-electron chi connectivity index (χ3n) is 4.51. The highest BCUT2D eigenvalue weighted by molar-refractivity contribution is 14.0. The van der Waals surface area contributed by atoms with Crippen molar-refractivity contribution in [1.29, 1.82) is 0 Å². The largest absolute Gasteiger partial charge is 0.396 e. The van der Waals surface area contributed by atoms with Crippen molar-refractivity contribution in [1.82, 2.24) is 10.6 Å². The van der Waals surface area contributed by atoms with Gasteiger partial charge in [0.15, 0.2) is 5.96 Å². The molecule has 0 radical (unpaired) electrons. The second-order valence-electron chi connectivity index (χ2n) is 6.14. The lowest BCUT2D eigenvalue weighted by Crippen LogP contribution is -2.41. The minimum Gasteiger partial charge on any atom is -0.396 e. The van der Waals surface area contributed by atoms with Crippen LogP contribution < -0.4 is 10.6 Å². The highest BCUT2D eigenvalue weighted by Gasteiger charge is 2.12. The maximum absolute atomic E-state index is 9.67. The molecule has 5 heteroatoms. The van der Waals surface area contributed by atoms with Crippen LogP contribution in [0.15, 0.2) is 65.7 Å². The number of aliphatic imine (C=N–C) groups is 1. The molecule has 0 spiro atoms. The molecule has 0 bridgehead atoms. The summed E-state index contributed by atoms with van der Waals surface area (Å²) in [5.74, 6) is 1.27. The number of hydrogen-bond donors (Lipinski definition) is 3. The van der Waals surface area contributed by atoms with Crippen LogP contribution in [0.5, 0.6) is 0 Å². The van der Waals surface area contributed by atoms with Crippen LogP contribution in [0, 0.1) is 0 Å². The van der Waals surface area contributed by atoms with Gasteiger partial charge in [0, 0.05) is 32.0 Å². The summed E-state index contributed by atoms with van der Waals surface area (Å²) in [6.45, 7) is 3.78. The lowest BCUT2D eigenvalue weighted by atomic mass is 9.96. The van der Waals surface area contributed by atoms with Crippen LogP contribution in [-0.2, 0) is 0 Å². The summed E-state index contributed by atoms with van der Waals surface area (Å²) < 4.78 is 0. The molecule has 0 heterocycles. The van der Waals surface area contributed by atoms with Crippen LogP contribution in [0.4, 0.5) is 0 Å². The third-order valence-corrected chi connectivity index (χ3v) is 4.51. The Balaban J connectivity index is 0.00000338. The SMILES string of the molecule is CCC(CNC(=NC)NCC(CO)c1ccccc1)c1ccccc1.I. The van der Waals surface area contributed by atoms with Crippen LogP contribution >= 0.6 is 24.0 Å². The van der Waals surface area contributed by atoms with E-state index in [9.17, 15) is 5.11 Å².